The Bertz CT molecular complexity index is 763. The molecule has 4 rings (SSSR count). The first kappa shape index (κ1) is 11.8. The number of imidazole rings is 1. The van der Waals surface area contributed by atoms with Crippen molar-refractivity contribution >= 4 is 17.0 Å². The van der Waals surface area contributed by atoms with Gasteiger partial charge in [-0.25, -0.2) is 9.59 Å². The maximum atomic E-state index is 12.1. The Morgan fingerprint density at radius 1 is 1.40 bits per heavy atom. The van der Waals surface area contributed by atoms with Crippen LogP contribution in [-0.2, 0) is 6.54 Å². The van der Waals surface area contributed by atoms with Crippen LogP contribution >= 0.6 is 0 Å². The SMILES string of the molecule is O=C(O)c1ccc2c(c1)[nH]c(=O)n2CC1(C2CC2)CC1. The summed E-state index contributed by atoms with van der Waals surface area (Å²) < 4.78 is 1.78. The third kappa shape index (κ3) is 1.69. The second-order valence-corrected chi connectivity index (χ2v) is 6.19. The van der Waals surface area contributed by atoms with E-state index < -0.39 is 5.97 Å². The van der Waals surface area contributed by atoms with Gasteiger partial charge in [0.2, 0.25) is 0 Å². The zero-order chi connectivity index (χ0) is 13.9. The number of benzene rings is 1. The predicted molar refractivity (Wildman–Crippen MR) is 73.9 cm³/mol. The van der Waals surface area contributed by atoms with Crippen molar-refractivity contribution in [2.75, 3.05) is 0 Å². The maximum absolute atomic E-state index is 12.1. The molecule has 1 aromatic heterocycles. The molecule has 5 nitrogen and oxygen atoms in total. The molecule has 0 radical (unpaired) electrons. The van der Waals surface area contributed by atoms with E-state index in [1.165, 1.54) is 31.7 Å². The van der Waals surface area contributed by atoms with Gasteiger partial charge in [0, 0.05) is 6.54 Å². The highest BCUT2D eigenvalue weighted by atomic mass is 16.4. The highest BCUT2D eigenvalue weighted by Gasteiger charge is 2.54. The minimum absolute atomic E-state index is 0.130. The molecule has 2 saturated carbocycles. The Labute approximate surface area is 115 Å². The third-order valence-electron chi connectivity index (χ3n) is 4.83. The fourth-order valence-corrected chi connectivity index (χ4v) is 3.32. The van der Waals surface area contributed by atoms with Crippen molar-refractivity contribution in [3.63, 3.8) is 0 Å². The first-order valence-corrected chi connectivity index (χ1v) is 7.05. The lowest BCUT2D eigenvalue weighted by Gasteiger charge is -2.14. The maximum Gasteiger partial charge on any atom is 0.335 e. The first-order chi connectivity index (χ1) is 9.59. The minimum atomic E-state index is -0.975. The third-order valence-corrected chi connectivity index (χ3v) is 4.83. The Kier molecular flexibility index (Phi) is 2.20. The number of aromatic nitrogens is 2. The molecule has 0 spiro atoms. The van der Waals surface area contributed by atoms with Gasteiger partial charge < -0.3 is 10.1 Å². The molecule has 104 valence electrons. The van der Waals surface area contributed by atoms with Crippen LogP contribution in [0.25, 0.3) is 11.0 Å². The average molecular weight is 272 g/mol. The molecule has 1 heterocycles. The highest BCUT2D eigenvalue weighted by molar-refractivity contribution is 5.92. The number of carboxylic acids is 1. The molecule has 0 atom stereocenters. The van der Waals surface area contributed by atoms with E-state index in [-0.39, 0.29) is 11.3 Å². The lowest BCUT2D eigenvalue weighted by molar-refractivity contribution is 0.0697. The van der Waals surface area contributed by atoms with Gasteiger partial charge in [0.05, 0.1) is 16.6 Å². The number of hydrogen-bond acceptors (Lipinski definition) is 2. The summed E-state index contributed by atoms with van der Waals surface area (Å²) in [5.41, 5.74) is 1.84. The van der Waals surface area contributed by atoms with Crippen molar-refractivity contribution in [1.29, 1.82) is 0 Å². The number of nitrogens with one attached hydrogen (secondary N) is 1. The van der Waals surface area contributed by atoms with Crippen LogP contribution in [0.2, 0.25) is 0 Å². The van der Waals surface area contributed by atoms with Gasteiger partial charge in [0.15, 0.2) is 0 Å². The number of rotatable bonds is 4. The van der Waals surface area contributed by atoms with Gasteiger partial charge in [-0.3, -0.25) is 4.57 Å². The van der Waals surface area contributed by atoms with Crippen molar-refractivity contribution in [2.24, 2.45) is 11.3 Å². The van der Waals surface area contributed by atoms with E-state index in [0.717, 1.165) is 18.0 Å². The molecule has 0 aliphatic heterocycles. The van der Waals surface area contributed by atoms with Gasteiger partial charge in [0.25, 0.3) is 0 Å². The number of hydrogen-bond donors (Lipinski definition) is 2. The van der Waals surface area contributed by atoms with Crippen LogP contribution < -0.4 is 5.69 Å². The van der Waals surface area contributed by atoms with Gasteiger partial charge in [-0.2, -0.15) is 0 Å². The topological polar surface area (TPSA) is 75.1 Å². The number of carbonyl (C=O) groups is 1. The summed E-state index contributed by atoms with van der Waals surface area (Å²) in [5, 5.41) is 9.00. The summed E-state index contributed by atoms with van der Waals surface area (Å²) in [6.07, 6.45) is 5.01. The fraction of sp³-hybridized carbons (Fsp3) is 0.467. The van der Waals surface area contributed by atoms with E-state index in [2.05, 4.69) is 4.98 Å². The normalized spacial score (nSPS) is 20.2. The lowest BCUT2D eigenvalue weighted by Crippen LogP contribution is -2.23. The molecule has 5 heteroatoms. The summed E-state index contributed by atoms with van der Waals surface area (Å²) in [7, 11) is 0. The number of carboxylic acid groups (broad SMARTS) is 1. The Morgan fingerprint density at radius 2 is 2.15 bits per heavy atom. The minimum Gasteiger partial charge on any atom is -0.478 e. The monoisotopic (exact) mass is 272 g/mol. The highest BCUT2D eigenvalue weighted by Crippen LogP contribution is 2.62. The molecule has 2 N–H and O–H groups in total. The number of nitrogens with zero attached hydrogens (tertiary/aromatic N) is 1. The molecule has 1 aromatic carbocycles. The van der Waals surface area contributed by atoms with E-state index >= 15 is 0 Å². The summed E-state index contributed by atoms with van der Waals surface area (Å²) >= 11 is 0. The second kappa shape index (κ2) is 3.75. The summed E-state index contributed by atoms with van der Waals surface area (Å²) in [4.78, 5) is 25.9. The van der Waals surface area contributed by atoms with Crippen molar-refractivity contribution < 1.29 is 9.90 Å². The van der Waals surface area contributed by atoms with Crippen LogP contribution in [0.1, 0.15) is 36.0 Å². The zero-order valence-electron chi connectivity index (χ0n) is 11.1. The van der Waals surface area contributed by atoms with Gasteiger partial charge in [-0.15, -0.1) is 0 Å². The van der Waals surface area contributed by atoms with E-state index in [1.54, 1.807) is 16.7 Å². The summed E-state index contributed by atoms with van der Waals surface area (Å²) in [5.74, 6) is -0.185. The molecule has 2 aliphatic rings. The predicted octanol–water partition coefficient (Wildman–Crippen LogP) is 2.22. The lowest BCUT2D eigenvalue weighted by atomic mass is 10.0. The Balaban J connectivity index is 1.77. The van der Waals surface area contributed by atoms with E-state index in [9.17, 15) is 9.59 Å². The van der Waals surface area contributed by atoms with Gasteiger partial charge in [-0.1, -0.05) is 0 Å². The van der Waals surface area contributed by atoms with Crippen LogP contribution in [0.15, 0.2) is 23.0 Å². The molecule has 0 saturated heterocycles. The number of H-pyrrole nitrogens is 1. The molecular formula is C15H16N2O3. The molecule has 2 aromatic rings. The average Bonchev–Trinajstić information content (AvgIpc) is 3.29. The molecule has 20 heavy (non-hydrogen) atoms. The number of aromatic carboxylic acids is 1. The summed E-state index contributed by atoms with van der Waals surface area (Å²) in [6, 6.07) is 4.83. The van der Waals surface area contributed by atoms with E-state index in [0.29, 0.717) is 10.9 Å². The van der Waals surface area contributed by atoms with Crippen LogP contribution in [0.5, 0.6) is 0 Å². The summed E-state index contributed by atoms with van der Waals surface area (Å²) in [6.45, 7) is 0.767. The van der Waals surface area contributed by atoms with E-state index in [1.807, 2.05) is 0 Å². The van der Waals surface area contributed by atoms with Gasteiger partial charge >= 0.3 is 11.7 Å². The zero-order valence-corrected chi connectivity index (χ0v) is 11.1. The van der Waals surface area contributed by atoms with Crippen molar-refractivity contribution in [3.05, 3.63) is 34.2 Å². The fourth-order valence-electron chi connectivity index (χ4n) is 3.32. The van der Waals surface area contributed by atoms with Crippen molar-refractivity contribution in [2.45, 2.75) is 32.2 Å². The number of fused-ring (bicyclic) bond motifs is 1. The molecule has 2 fully saturated rings. The van der Waals surface area contributed by atoms with Gasteiger partial charge in [0.1, 0.15) is 0 Å². The molecule has 0 amide bonds. The van der Waals surface area contributed by atoms with Crippen LogP contribution in [0.4, 0.5) is 0 Å². The van der Waals surface area contributed by atoms with E-state index in [4.69, 9.17) is 5.11 Å². The second-order valence-electron chi connectivity index (χ2n) is 6.19. The Morgan fingerprint density at radius 3 is 2.75 bits per heavy atom. The largest absolute Gasteiger partial charge is 0.478 e. The molecule has 0 bridgehead atoms. The molecule has 0 unspecified atom stereocenters. The van der Waals surface area contributed by atoms with Crippen LogP contribution in [0, 0.1) is 11.3 Å². The standard InChI is InChI=1S/C15H16N2O3/c18-13(19)9-1-4-12-11(7-9)16-14(20)17(12)8-15(5-6-15)10-2-3-10/h1,4,7,10H,2-3,5-6,8H2,(H,16,20)(H,18,19). The molecular weight excluding hydrogens is 256 g/mol. The number of aromatic amines is 1. The quantitative estimate of drug-likeness (QED) is 0.896. The van der Waals surface area contributed by atoms with Crippen LogP contribution in [0.3, 0.4) is 0 Å². The first-order valence-electron chi connectivity index (χ1n) is 7.05. The smallest absolute Gasteiger partial charge is 0.335 e. The van der Waals surface area contributed by atoms with Crippen molar-refractivity contribution in [1.82, 2.24) is 9.55 Å². The van der Waals surface area contributed by atoms with Gasteiger partial charge in [-0.05, 0) is 55.2 Å². The van der Waals surface area contributed by atoms with Crippen LogP contribution in [-0.4, -0.2) is 20.6 Å². The van der Waals surface area contributed by atoms with Crippen molar-refractivity contribution in [3.8, 4) is 0 Å². The molecule has 2 aliphatic carbocycles. The Hall–Kier alpha value is -2.04.